The summed E-state index contributed by atoms with van der Waals surface area (Å²) in [5, 5.41) is 2.99. The second kappa shape index (κ2) is 7.70. The monoisotopic (exact) mass is 359 g/mol. The zero-order valence-corrected chi connectivity index (χ0v) is 15.4. The van der Waals surface area contributed by atoms with E-state index >= 15 is 0 Å². The van der Waals surface area contributed by atoms with Crippen LogP contribution in [0.25, 0.3) is 0 Å². The van der Waals surface area contributed by atoms with E-state index < -0.39 is 0 Å². The molecule has 0 fully saturated rings. The zero-order valence-electron chi connectivity index (χ0n) is 14.5. The first kappa shape index (κ1) is 17.5. The third-order valence-electron chi connectivity index (χ3n) is 4.02. The van der Waals surface area contributed by atoms with Crippen molar-refractivity contribution in [1.82, 2.24) is 0 Å². The molecule has 2 aromatic rings. The largest absolute Gasteiger partial charge is 0.496 e. The molecule has 2 aromatic carbocycles. The summed E-state index contributed by atoms with van der Waals surface area (Å²) in [7, 11) is 1.57. The minimum absolute atomic E-state index is 0.208. The molecule has 0 aromatic heterocycles. The van der Waals surface area contributed by atoms with Crippen molar-refractivity contribution in [1.29, 1.82) is 0 Å². The number of benzene rings is 2. The van der Waals surface area contributed by atoms with Gasteiger partial charge in [0.1, 0.15) is 5.75 Å². The molecule has 25 heavy (non-hydrogen) atoms. The molecule has 0 atom stereocenters. The lowest BCUT2D eigenvalue weighted by Gasteiger charge is -2.14. The van der Waals surface area contributed by atoms with Crippen molar-refractivity contribution in [3.8, 4) is 17.2 Å². The highest BCUT2D eigenvalue weighted by atomic mass is 32.2. The first-order valence-corrected chi connectivity index (χ1v) is 9.34. The Morgan fingerprint density at radius 3 is 2.68 bits per heavy atom. The smallest absolute Gasteiger partial charge is 0.259 e. The Labute approximate surface area is 151 Å². The maximum absolute atomic E-state index is 12.8. The second-order valence-corrected chi connectivity index (χ2v) is 6.51. The SMILES string of the molecule is CCCc1cc2c(cc1NC(=O)c1ccc(SC)cc1OC)OCO2. The Kier molecular flexibility index (Phi) is 5.38. The first-order valence-electron chi connectivity index (χ1n) is 8.12. The Hall–Kier alpha value is -2.34. The standard InChI is InChI=1S/C19H21NO4S/c1-4-5-12-8-17-18(24-11-23-17)10-15(12)20-19(21)14-7-6-13(25-3)9-16(14)22-2/h6-10H,4-5,11H2,1-3H3,(H,20,21). The molecule has 0 saturated carbocycles. The van der Waals surface area contributed by atoms with E-state index in [1.54, 1.807) is 24.9 Å². The molecular weight excluding hydrogens is 338 g/mol. The number of anilines is 1. The van der Waals surface area contributed by atoms with Gasteiger partial charge in [0.15, 0.2) is 11.5 Å². The number of carbonyl (C=O) groups excluding carboxylic acids is 1. The third kappa shape index (κ3) is 3.69. The number of nitrogens with one attached hydrogen (secondary N) is 1. The van der Waals surface area contributed by atoms with E-state index in [4.69, 9.17) is 14.2 Å². The van der Waals surface area contributed by atoms with E-state index in [0.717, 1.165) is 34.7 Å². The third-order valence-corrected chi connectivity index (χ3v) is 4.74. The summed E-state index contributed by atoms with van der Waals surface area (Å²) in [6, 6.07) is 9.33. The van der Waals surface area contributed by atoms with Crippen LogP contribution in [-0.2, 0) is 6.42 Å². The van der Waals surface area contributed by atoms with Crippen LogP contribution >= 0.6 is 11.8 Å². The summed E-state index contributed by atoms with van der Waals surface area (Å²) in [6.45, 7) is 2.31. The van der Waals surface area contributed by atoms with Crippen molar-refractivity contribution in [2.24, 2.45) is 0 Å². The van der Waals surface area contributed by atoms with Crippen LogP contribution in [0.2, 0.25) is 0 Å². The maximum atomic E-state index is 12.8. The lowest BCUT2D eigenvalue weighted by atomic mass is 10.1. The van der Waals surface area contributed by atoms with Gasteiger partial charge in [-0.2, -0.15) is 0 Å². The molecule has 0 radical (unpaired) electrons. The minimum Gasteiger partial charge on any atom is -0.496 e. The van der Waals surface area contributed by atoms with Crippen molar-refractivity contribution in [3.63, 3.8) is 0 Å². The van der Waals surface area contributed by atoms with E-state index in [2.05, 4.69) is 12.2 Å². The number of amides is 1. The predicted molar refractivity (Wildman–Crippen MR) is 99.3 cm³/mol. The number of thioether (sulfide) groups is 1. The van der Waals surface area contributed by atoms with E-state index in [1.807, 2.05) is 30.5 Å². The number of hydrogen-bond acceptors (Lipinski definition) is 5. The number of fused-ring (bicyclic) bond motifs is 1. The predicted octanol–water partition coefficient (Wildman–Crippen LogP) is 4.35. The van der Waals surface area contributed by atoms with Crippen LogP contribution in [0.4, 0.5) is 5.69 Å². The first-order chi connectivity index (χ1) is 12.2. The second-order valence-electron chi connectivity index (χ2n) is 5.63. The molecule has 1 N–H and O–H groups in total. The van der Waals surface area contributed by atoms with Gasteiger partial charge in [0.2, 0.25) is 6.79 Å². The highest BCUT2D eigenvalue weighted by Crippen LogP contribution is 2.38. The van der Waals surface area contributed by atoms with Crippen molar-refractivity contribution in [2.45, 2.75) is 24.7 Å². The van der Waals surface area contributed by atoms with Crippen molar-refractivity contribution < 1.29 is 19.0 Å². The summed E-state index contributed by atoms with van der Waals surface area (Å²) in [5.41, 5.74) is 2.27. The van der Waals surface area contributed by atoms with E-state index in [9.17, 15) is 4.79 Å². The summed E-state index contributed by atoms with van der Waals surface area (Å²) < 4.78 is 16.2. The van der Waals surface area contributed by atoms with Gasteiger partial charge in [-0.1, -0.05) is 13.3 Å². The lowest BCUT2D eigenvalue weighted by molar-refractivity contribution is 0.102. The molecule has 6 heteroatoms. The molecule has 5 nitrogen and oxygen atoms in total. The normalized spacial score (nSPS) is 12.1. The molecule has 1 aliphatic rings. The Morgan fingerprint density at radius 1 is 1.24 bits per heavy atom. The van der Waals surface area contributed by atoms with Crippen LogP contribution < -0.4 is 19.5 Å². The van der Waals surface area contributed by atoms with E-state index in [0.29, 0.717) is 17.1 Å². The highest BCUT2D eigenvalue weighted by molar-refractivity contribution is 7.98. The molecule has 1 aliphatic heterocycles. The molecule has 0 bridgehead atoms. The zero-order chi connectivity index (χ0) is 17.8. The fraction of sp³-hybridized carbons (Fsp3) is 0.316. The molecule has 1 heterocycles. The fourth-order valence-electron chi connectivity index (χ4n) is 2.75. The maximum Gasteiger partial charge on any atom is 0.259 e. The van der Waals surface area contributed by atoms with Gasteiger partial charge in [0.05, 0.1) is 12.7 Å². The quantitative estimate of drug-likeness (QED) is 0.777. The van der Waals surface area contributed by atoms with Gasteiger partial charge in [-0.05, 0) is 42.5 Å². The average Bonchev–Trinajstić information content (AvgIpc) is 3.08. The molecule has 132 valence electrons. The molecule has 0 spiro atoms. The van der Waals surface area contributed by atoms with Gasteiger partial charge >= 0.3 is 0 Å². The van der Waals surface area contributed by atoms with E-state index in [-0.39, 0.29) is 12.7 Å². The van der Waals surface area contributed by atoms with Crippen LogP contribution in [0, 0.1) is 0 Å². The Balaban J connectivity index is 1.90. The van der Waals surface area contributed by atoms with Crippen LogP contribution in [0.3, 0.4) is 0 Å². The van der Waals surface area contributed by atoms with Crippen molar-refractivity contribution in [3.05, 3.63) is 41.5 Å². The Morgan fingerprint density at radius 2 is 2.00 bits per heavy atom. The lowest BCUT2D eigenvalue weighted by Crippen LogP contribution is -2.14. The summed E-state index contributed by atoms with van der Waals surface area (Å²) in [6.07, 6.45) is 3.79. The van der Waals surface area contributed by atoms with Gasteiger partial charge in [0, 0.05) is 16.6 Å². The van der Waals surface area contributed by atoms with Crippen LogP contribution in [0.15, 0.2) is 35.2 Å². The number of carbonyl (C=O) groups is 1. The number of methoxy groups -OCH3 is 1. The minimum atomic E-state index is -0.208. The van der Waals surface area contributed by atoms with E-state index in [1.165, 1.54) is 0 Å². The van der Waals surface area contributed by atoms with Gasteiger partial charge < -0.3 is 19.5 Å². The van der Waals surface area contributed by atoms with Crippen LogP contribution in [0.1, 0.15) is 29.3 Å². The van der Waals surface area contributed by atoms with Crippen molar-refractivity contribution in [2.75, 3.05) is 25.5 Å². The molecular formula is C19H21NO4S. The number of rotatable bonds is 6. The molecule has 0 unspecified atom stereocenters. The Bertz CT molecular complexity index is 791. The molecule has 1 amide bonds. The fourth-order valence-corrected chi connectivity index (χ4v) is 3.18. The van der Waals surface area contributed by atoms with Gasteiger partial charge in [-0.15, -0.1) is 11.8 Å². The van der Waals surface area contributed by atoms with Crippen LogP contribution in [0.5, 0.6) is 17.2 Å². The van der Waals surface area contributed by atoms with Gasteiger partial charge in [-0.25, -0.2) is 0 Å². The number of hydrogen-bond donors (Lipinski definition) is 1. The number of ether oxygens (including phenoxy) is 3. The summed E-state index contributed by atoms with van der Waals surface area (Å²) in [4.78, 5) is 13.8. The molecule has 3 rings (SSSR count). The number of aryl methyl sites for hydroxylation is 1. The molecule has 0 aliphatic carbocycles. The van der Waals surface area contributed by atoms with Gasteiger partial charge in [0.25, 0.3) is 5.91 Å². The summed E-state index contributed by atoms with van der Waals surface area (Å²) >= 11 is 1.60. The average molecular weight is 359 g/mol. The summed E-state index contributed by atoms with van der Waals surface area (Å²) in [5.74, 6) is 1.73. The molecule has 0 saturated heterocycles. The van der Waals surface area contributed by atoms with Crippen molar-refractivity contribution >= 4 is 23.4 Å². The van der Waals surface area contributed by atoms with Crippen LogP contribution in [-0.4, -0.2) is 26.1 Å². The highest BCUT2D eigenvalue weighted by Gasteiger charge is 2.20. The van der Waals surface area contributed by atoms with Gasteiger partial charge in [-0.3, -0.25) is 4.79 Å². The topological polar surface area (TPSA) is 56.8 Å².